The van der Waals surface area contributed by atoms with Gasteiger partial charge >= 0.3 is 12.3 Å². The van der Waals surface area contributed by atoms with E-state index in [9.17, 15) is 32.8 Å². The number of hydrogen-bond acceptors (Lipinski definition) is 6. The van der Waals surface area contributed by atoms with Crippen LogP contribution in [0.4, 0.5) is 28.9 Å². The molecule has 1 unspecified atom stereocenters. The van der Waals surface area contributed by atoms with Gasteiger partial charge in [0, 0.05) is 24.4 Å². The first kappa shape index (κ1) is 18.9. The van der Waals surface area contributed by atoms with Crippen molar-refractivity contribution < 1.29 is 37.4 Å². The summed E-state index contributed by atoms with van der Waals surface area (Å²) in [5, 5.41) is 31.1. The molecule has 1 aromatic carbocycles. The maximum atomic E-state index is 12.8. The fourth-order valence-corrected chi connectivity index (χ4v) is 1.42. The van der Waals surface area contributed by atoms with Crippen LogP contribution in [-0.2, 0) is 0 Å². The third-order valence-electron chi connectivity index (χ3n) is 2.61. The highest BCUT2D eigenvalue weighted by Crippen LogP contribution is 2.29. The van der Waals surface area contributed by atoms with Crippen LogP contribution in [0.1, 0.15) is 0 Å². The molecule has 0 saturated heterocycles. The summed E-state index contributed by atoms with van der Waals surface area (Å²) in [5.74, 6) is -4.81. The van der Waals surface area contributed by atoms with Gasteiger partial charge in [0.1, 0.15) is 5.75 Å². The average Bonchev–Trinajstić information content (AvgIpc) is 2.50. The van der Waals surface area contributed by atoms with E-state index in [-0.39, 0.29) is 12.2 Å². The molecule has 1 atom stereocenters. The molecule has 0 aliphatic heterocycles. The van der Waals surface area contributed by atoms with Crippen molar-refractivity contribution in [1.82, 2.24) is 0 Å². The third-order valence-corrected chi connectivity index (χ3v) is 2.61. The van der Waals surface area contributed by atoms with Gasteiger partial charge in [-0.1, -0.05) is 0 Å². The minimum absolute atomic E-state index is 0.0297. The molecular weight excluding hydrogens is 328 g/mol. The highest BCUT2D eigenvalue weighted by atomic mass is 19.3. The van der Waals surface area contributed by atoms with Gasteiger partial charge < -0.3 is 20.3 Å². The van der Waals surface area contributed by atoms with Gasteiger partial charge in [0.2, 0.25) is 0 Å². The van der Waals surface area contributed by atoms with Crippen molar-refractivity contribution in [3.8, 4) is 5.75 Å². The Hall–Kier alpha value is -2.14. The number of aliphatic hydroxyl groups excluding tert-OH is 2. The van der Waals surface area contributed by atoms with Crippen molar-refractivity contribution in [3.63, 3.8) is 0 Å². The van der Waals surface area contributed by atoms with Crippen molar-refractivity contribution in [2.24, 2.45) is 0 Å². The molecule has 11 heteroatoms. The number of nitrogens with zero attached hydrogens (tertiary/aromatic N) is 1. The molecule has 0 aromatic heterocycles. The first-order valence-corrected chi connectivity index (χ1v) is 6.26. The number of nitro benzene ring substituents is 1. The Labute approximate surface area is 127 Å². The quantitative estimate of drug-likeness (QED) is 0.358. The number of benzene rings is 1. The lowest BCUT2D eigenvalue weighted by Crippen LogP contribution is -2.33. The van der Waals surface area contributed by atoms with E-state index in [1.54, 1.807) is 0 Å². The molecule has 0 aliphatic rings. The smallest absolute Gasteiger partial charge is 0.340 e. The molecule has 1 aromatic rings. The van der Waals surface area contributed by atoms with E-state index >= 15 is 0 Å². The van der Waals surface area contributed by atoms with Gasteiger partial charge in [-0.2, -0.15) is 8.78 Å². The number of anilines is 1. The number of non-ortho nitro benzene ring substituents is 1. The molecule has 0 aliphatic carbocycles. The number of aliphatic hydroxyl groups is 2. The maximum Gasteiger partial charge on any atom is 0.340 e. The van der Waals surface area contributed by atoms with Crippen LogP contribution in [0.15, 0.2) is 18.2 Å². The summed E-state index contributed by atoms with van der Waals surface area (Å²) in [6.45, 7) is -2.39. The van der Waals surface area contributed by atoms with Gasteiger partial charge in [-0.3, -0.25) is 10.1 Å². The minimum atomic E-state index is -4.40. The Morgan fingerprint density at radius 1 is 1.35 bits per heavy atom. The molecule has 7 nitrogen and oxygen atoms in total. The molecule has 3 N–H and O–H groups in total. The average molecular weight is 342 g/mol. The minimum Gasteiger partial charge on any atom is -0.487 e. The van der Waals surface area contributed by atoms with Gasteiger partial charge in [0.05, 0.1) is 23.7 Å². The lowest BCUT2D eigenvalue weighted by Gasteiger charge is -2.17. The zero-order valence-corrected chi connectivity index (χ0v) is 11.6. The number of rotatable bonds is 9. The van der Waals surface area contributed by atoms with Crippen molar-refractivity contribution in [1.29, 1.82) is 0 Å². The van der Waals surface area contributed by atoms with Crippen LogP contribution >= 0.6 is 0 Å². The van der Waals surface area contributed by atoms with E-state index in [0.29, 0.717) is 0 Å². The first-order chi connectivity index (χ1) is 10.7. The van der Waals surface area contributed by atoms with Crippen LogP contribution in [0.2, 0.25) is 0 Å². The van der Waals surface area contributed by atoms with Crippen molar-refractivity contribution >= 4 is 11.4 Å². The molecule has 0 heterocycles. The predicted molar refractivity (Wildman–Crippen MR) is 71.1 cm³/mol. The van der Waals surface area contributed by atoms with Gasteiger partial charge in [0.25, 0.3) is 5.69 Å². The lowest BCUT2D eigenvalue weighted by atomic mass is 10.2. The molecule has 0 amide bonds. The predicted octanol–water partition coefficient (Wildman–Crippen LogP) is 1.64. The maximum absolute atomic E-state index is 12.8. The fourth-order valence-electron chi connectivity index (χ4n) is 1.42. The Bertz CT molecular complexity index is 544. The summed E-state index contributed by atoms with van der Waals surface area (Å²) in [6, 6.07) is 2.90. The van der Waals surface area contributed by atoms with E-state index in [0.717, 1.165) is 18.2 Å². The molecule has 130 valence electrons. The topological polar surface area (TPSA) is 105 Å². The highest BCUT2D eigenvalue weighted by molar-refractivity contribution is 5.56. The van der Waals surface area contributed by atoms with Crippen LogP contribution in [0.3, 0.4) is 0 Å². The second-order valence-corrected chi connectivity index (χ2v) is 4.54. The Kier molecular flexibility index (Phi) is 6.51. The molecule has 23 heavy (non-hydrogen) atoms. The van der Waals surface area contributed by atoms with Crippen molar-refractivity contribution in [3.05, 3.63) is 28.3 Å². The standard InChI is InChI=1S/C12H14F4N2O5/c13-11(14)12(15,16)6-23-10-2-7(17-4-9(20)5-19)1-8(3-10)18(21)22/h1-3,9,11,17,19-20H,4-6H2. The SMILES string of the molecule is O=[N+]([O-])c1cc(NCC(O)CO)cc(OCC(F)(F)C(F)F)c1. The second kappa shape index (κ2) is 7.92. The Balaban J connectivity index is 2.89. The summed E-state index contributed by atoms with van der Waals surface area (Å²) in [6.07, 6.45) is -5.08. The van der Waals surface area contributed by atoms with Crippen LogP contribution in [0.5, 0.6) is 5.75 Å². The van der Waals surface area contributed by atoms with Gasteiger partial charge in [-0.25, -0.2) is 8.78 Å². The molecule has 0 bridgehead atoms. The lowest BCUT2D eigenvalue weighted by molar-refractivity contribution is -0.384. The number of halogens is 4. The van der Waals surface area contributed by atoms with E-state index in [2.05, 4.69) is 10.1 Å². The number of nitro groups is 1. The highest BCUT2D eigenvalue weighted by Gasteiger charge is 2.41. The molecule has 0 radical (unpaired) electrons. The monoisotopic (exact) mass is 342 g/mol. The molecule has 1 rings (SSSR count). The van der Waals surface area contributed by atoms with Crippen LogP contribution in [-0.4, -0.2) is 53.3 Å². The van der Waals surface area contributed by atoms with E-state index < -0.39 is 48.0 Å². The zero-order valence-electron chi connectivity index (χ0n) is 11.6. The molecule has 0 spiro atoms. The van der Waals surface area contributed by atoms with Crippen LogP contribution < -0.4 is 10.1 Å². The molecular formula is C12H14F4N2O5. The van der Waals surface area contributed by atoms with Crippen molar-refractivity contribution in [2.75, 3.05) is 25.1 Å². The van der Waals surface area contributed by atoms with E-state index in [1.165, 1.54) is 0 Å². The number of alkyl halides is 4. The Morgan fingerprint density at radius 3 is 2.52 bits per heavy atom. The van der Waals surface area contributed by atoms with Crippen molar-refractivity contribution in [2.45, 2.75) is 18.5 Å². The number of ether oxygens (including phenoxy) is 1. The first-order valence-electron chi connectivity index (χ1n) is 6.26. The van der Waals surface area contributed by atoms with Crippen LogP contribution in [0, 0.1) is 10.1 Å². The number of nitrogens with one attached hydrogen (secondary N) is 1. The summed E-state index contributed by atoms with van der Waals surface area (Å²) >= 11 is 0. The largest absolute Gasteiger partial charge is 0.487 e. The Morgan fingerprint density at radius 2 is 2.00 bits per heavy atom. The summed E-state index contributed by atoms with van der Waals surface area (Å²) < 4.78 is 54.2. The van der Waals surface area contributed by atoms with Gasteiger partial charge in [-0.15, -0.1) is 0 Å². The van der Waals surface area contributed by atoms with E-state index in [4.69, 9.17) is 5.11 Å². The molecule has 0 saturated carbocycles. The van der Waals surface area contributed by atoms with E-state index in [1.807, 2.05) is 0 Å². The summed E-state index contributed by atoms with van der Waals surface area (Å²) in [7, 11) is 0. The second-order valence-electron chi connectivity index (χ2n) is 4.54. The van der Waals surface area contributed by atoms with Crippen LogP contribution in [0.25, 0.3) is 0 Å². The van der Waals surface area contributed by atoms with Gasteiger partial charge in [-0.05, 0) is 0 Å². The molecule has 0 fully saturated rings. The summed E-state index contributed by atoms with van der Waals surface area (Å²) in [5.41, 5.74) is -0.495. The number of hydrogen-bond donors (Lipinski definition) is 3. The normalized spacial score (nSPS) is 13.0. The van der Waals surface area contributed by atoms with Gasteiger partial charge in [0.15, 0.2) is 6.61 Å². The zero-order chi connectivity index (χ0) is 17.6. The fraction of sp³-hybridized carbons (Fsp3) is 0.500. The summed E-state index contributed by atoms with van der Waals surface area (Å²) in [4.78, 5) is 9.95. The third kappa shape index (κ3) is 5.87.